The van der Waals surface area contributed by atoms with Gasteiger partial charge in [0.1, 0.15) is 11.8 Å². The Kier molecular flexibility index (Phi) is 8.49. The average molecular weight is 289 g/mol. The van der Waals surface area contributed by atoms with Crippen LogP contribution < -0.4 is 10.1 Å². The van der Waals surface area contributed by atoms with Crippen LogP contribution in [0.25, 0.3) is 0 Å². The van der Waals surface area contributed by atoms with Crippen LogP contribution in [0.2, 0.25) is 0 Å². The summed E-state index contributed by atoms with van der Waals surface area (Å²) in [5.41, 5.74) is 0.990. The Morgan fingerprint density at radius 3 is 2.38 bits per heavy atom. The van der Waals surface area contributed by atoms with Crippen LogP contribution in [0.15, 0.2) is 24.3 Å². The van der Waals surface area contributed by atoms with Crippen LogP contribution in [0.1, 0.15) is 38.8 Å². The van der Waals surface area contributed by atoms with Crippen molar-refractivity contribution in [1.29, 1.82) is 5.26 Å². The van der Waals surface area contributed by atoms with Gasteiger partial charge in [-0.25, -0.2) is 0 Å². The molecule has 0 aliphatic rings. The first-order valence-corrected chi connectivity index (χ1v) is 7.83. The zero-order valence-corrected chi connectivity index (χ0v) is 13.4. The molecule has 0 aliphatic heterocycles. The van der Waals surface area contributed by atoms with Crippen LogP contribution in [-0.2, 0) is 0 Å². The highest BCUT2D eigenvalue weighted by Crippen LogP contribution is 2.17. The molecule has 1 unspecified atom stereocenters. The second-order valence-electron chi connectivity index (χ2n) is 4.90. The molecular weight excluding hydrogens is 262 g/mol. The van der Waals surface area contributed by atoms with E-state index in [1.807, 2.05) is 31.2 Å². The maximum absolute atomic E-state index is 9.30. The third kappa shape index (κ3) is 6.16. The molecule has 4 nitrogen and oxygen atoms in total. The molecule has 4 heteroatoms. The minimum Gasteiger partial charge on any atom is -0.494 e. The van der Waals surface area contributed by atoms with Gasteiger partial charge in [-0.05, 0) is 57.2 Å². The summed E-state index contributed by atoms with van der Waals surface area (Å²) in [7, 11) is 0. The lowest BCUT2D eigenvalue weighted by atomic mass is 10.1. The lowest BCUT2D eigenvalue weighted by molar-refractivity contribution is 0.297. The van der Waals surface area contributed by atoms with Crippen molar-refractivity contribution in [3.63, 3.8) is 0 Å². The van der Waals surface area contributed by atoms with E-state index in [0.29, 0.717) is 6.61 Å². The number of nitrogens with one attached hydrogen (secondary N) is 1. The van der Waals surface area contributed by atoms with Crippen LogP contribution in [0, 0.1) is 11.3 Å². The van der Waals surface area contributed by atoms with Gasteiger partial charge in [0.2, 0.25) is 0 Å². The smallest absolute Gasteiger partial charge is 0.121 e. The molecule has 0 spiro atoms. The summed E-state index contributed by atoms with van der Waals surface area (Å²) in [5.74, 6) is 0.847. The highest BCUT2D eigenvalue weighted by molar-refractivity contribution is 5.31. The number of hydrogen-bond donors (Lipinski definition) is 1. The van der Waals surface area contributed by atoms with E-state index in [2.05, 4.69) is 30.1 Å². The molecule has 0 aliphatic carbocycles. The van der Waals surface area contributed by atoms with Crippen molar-refractivity contribution in [2.45, 2.75) is 33.2 Å². The maximum atomic E-state index is 9.30. The number of rotatable bonds is 10. The van der Waals surface area contributed by atoms with Crippen molar-refractivity contribution in [2.75, 3.05) is 32.8 Å². The first-order chi connectivity index (χ1) is 10.2. The summed E-state index contributed by atoms with van der Waals surface area (Å²) < 4.78 is 5.41. The molecule has 0 fully saturated rings. The molecule has 21 heavy (non-hydrogen) atoms. The predicted octanol–water partition coefficient (Wildman–Crippen LogP) is 2.97. The molecule has 0 amide bonds. The van der Waals surface area contributed by atoms with Gasteiger partial charge in [0.25, 0.3) is 0 Å². The Morgan fingerprint density at radius 2 is 1.86 bits per heavy atom. The van der Waals surface area contributed by atoms with Gasteiger partial charge in [-0.15, -0.1) is 0 Å². The number of ether oxygens (including phenoxy) is 1. The molecule has 0 saturated heterocycles. The van der Waals surface area contributed by atoms with E-state index < -0.39 is 0 Å². The topological polar surface area (TPSA) is 48.3 Å². The summed E-state index contributed by atoms with van der Waals surface area (Å²) in [6, 6.07) is 9.81. The van der Waals surface area contributed by atoms with Gasteiger partial charge in [-0.2, -0.15) is 5.26 Å². The first kappa shape index (κ1) is 17.5. The van der Waals surface area contributed by atoms with Crippen molar-refractivity contribution in [3.05, 3.63) is 29.8 Å². The fourth-order valence-corrected chi connectivity index (χ4v) is 2.25. The van der Waals surface area contributed by atoms with Crippen molar-refractivity contribution >= 4 is 0 Å². The number of benzene rings is 1. The zero-order valence-electron chi connectivity index (χ0n) is 13.4. The molecular formula is C17H27N3O. The minimum atomic E-state index is -0.252. The van der Waals surface area contributed by atoms with E-state index in [4.69, 9.17) is 4.74 Å². The van der Waals surface area contributed by atoms with Crippen LogP contribution in [0.5, 0.6) is 5.75 Å². The van der Waals surface area contributed by atoms with E-state index in [9.17, 15) is 5.26 Å². The number of hydrogen-bond acceptors (Lipinski definition) is 4. The van der Waals surface area contributed by atoms with Crippen LogP contribution >= 0.6 is 0 Å². The molecule has 0 saturated carbocycles. The summed E-state index contributed by atoms with van der Waals surface area (Å²) in [5, 5.41) is 12.6. The highest BCUT2D eigenvalue weighted by atomic mass is 16.5. The lowest BCUT2D eigenvalue weighted by Crippen LogP contribution is -2.28. The van der Waals surface area contributed by atoms with Crippen LogP contribution in [-0.4, -0.2) is 37.7 Å². The largest absolute Gasteiger partial charge is 0.494 e. The quantitative estimate of drug-likeness (QED) is 0.673. The van der Waals surface area contributed by atoms with E-state index in [0.717, 1.165) is 43.9 Å². The molecule has 1 N–H and O–H groups in total. The lowest BCUT2D eigenvalue weighted by Gasteiger charge is -2.18. The van der Waals surface area contributed by atoms with E-state index in [1.165, 1.54) is 0 Å². The molecule has 1 rings (SSSR count). The Bertz CT molecular complexity index is 421. The van der Waals surface area contributed by atoms with Crippen LogP contribution in [0.3, 0.4) is 0 Å². The predicted molar refractivity (Wildman–Crippen MR) is 86.4 cm³/mol. The molecule has 1 aromatic carbocycles. The van der Waals surface area contributed by atoms with Gasteiger partial charge >= 0.3 is 0 Å². The summed E-state index contributed by atoms with van der Waals surface area (Å²) >= 11 is 0. The molecule has 1 aromatic rings. The molecule has 0 radical (unpaired) electrons. The van der Waals surface area contributed by atoms with E-state index in [-0.39, 0.29) is 6.04 Å². The van der Waals surface area contributed by atoms with Gasteiger partial charge in [-0.3, -0.25) is 5.32 Å². The summed E-state index contributed by atoms with van der Waals surface area (Å²) in [4.78, 5) is 2.39. The SMILES string of the molecule is CCOc1ccc(C(C#N)NCCCN(CC)CC)cc1. The molecule has 0 aromatic heterocycles. The third-order valence-corrected chi connectivity index (χ3v) is 3.55. The van der Waals surface area contributed by atoms with Crippen LogP contribution in [0.4, 0.5) is 0 Å². The Morgan fingerprint density at radius 1 is 1.19 bits per heavy atom. The zero-order chi connectivity index (χ0) is 15.5. The molecule has 116 valence electrons. The van der Waals surface area contributed by atoms with Crippen molar-refractivity contribution in [2.24, 2.45) is 0 Å². The van der Waals surface area contributed by atoms with E-state index >= 15 is 0 Å². The highest BCUT2D eigenvalue weighted by Gasteiger charge is 2.09. The first-order valence-electron chi connectivity index (χ1n) is 7.83. The second kappa shape index (κ2) is 10.2. The fourth-order valence-electron chi connectivity index (χ4n) is 2.25. The summed E-state index contributed by atoms with van der Waals surface area (Å²) in [6.45, 7) is 11.1. The summed E-state index contributed by atoms with van der Waals surface area (Å²) in [6.07, 6.45) is 1.05. The minimum absolute atomic E-state index is 0.252. The third-order valence-electron chi connectivity index (χ3n) is 3.55. The number of nitrogens with zero attached hydrogens (tertiary/aromatic N) is 2. The molecule has 1 atom stereocenters. The van der Waals surface area contributed by atoms with E-state index in [1.54, 1.807) is 0 Å². The fraction of sp³-hybridized carbons (Fsp3) is 0.588. The van der Waals surface area contributed by atoms with Gasteiger partial charge in [-0.1, -0.05) is 26.0 Å². The van der Waals surface area contributed by atoms with Crippen molar-refractivity contribution in [3.8, 4) is 11.8 Å². The Balaban J connectivity index is 2.42. The standard InChI is InChI=1S/C17H27N3O/c1-4-20(5-2)13-7-12-19-17(14-18)15-8-10-16(11-9-15)21-6-3/h8-11,17,19H,4-7,12-13H2,1-3H3. The van der Waals surface area contributed by atoms with Gasteiger partial charge in [0.05, 0.1) is 12.7 Å². The normalized spacial score (nSPS) is 12.1. The van der Waals surface area contributed by atoms with Gasteiger partial charge in [0, 0.05) is 0 Å². The maximum Gasteiger partial charge on any atom is 0.121 e. The molecule has 0 bridgehead atoms. The second-order valence-corrected chi connectivity index (χ2v) is 4.90. The monoisotopic (exact) mass is 289 g/mol. The Hall–Kier alpha value is -1.57. The van der Waals surface area contributed by atoms with Gasteiger partial charge < -0.3 is 9.64 Å². The van der Waals surface area contributed by atoms with Gasteiger partial charge in [0.15, 0.2) is 0 Å². The average Bonchev–Trinajstić information content (AvgIpc) is 2.52. The number of nitriles is 1. The van der Waals surface area contributed by atoms with Crippen molar-refractivity contribution < 1.29 is 4.74 Å². The Labute approximate surface area is 128 Å². The van der Waals surface area contributed by atoms with Crippen molar-refractivity contribution in [1.82, 2.24) is 10.2 Å². The molecule has 0 heterocycles.